The molecule has 0 radical (unpaired) electrons. The average molecular weight is 367 g/mol. The van der Waals surface area contributed by atoms with Gasteiger partial charge in [-0.1, -0.05) is 30.3 Å². The Hall–Kier alpha value is -2.69. The lowest BCUT2D eigenvalue weighted by atomic mass is 9.83. The van der Waals surface area contributed by atoms with Crippen molar-refractivity contribution in [3.63, 3.8) is 0 Å². The highest BCUT2D eigenvalue weighted by molar-refractivity contribution is 5.94. The number of benzene rings is 2. The summed E-state index contributed by atoms with van der Waals surface area (Å²) in [5.74, 6) is -0.403. The highest BCUT2D eigenvalue weighted by Gasteiger charge is 2.47. The van der Waals surface area contributed by atoms with Gasteiger partial charge in [-0.15, -0.1) is 0 Å². The number of amides is 1. The van der Waals surface area contributed by atoms with Crippen LogP contribution in [0, 0.1) is 12.7 Å². The summed E-state index contributed by atoms with van der Waals surface area (Å²) in [6, 6.07) is 12.5. The smallest absolute Gasteiger partial charge is 0.339 e. The molecule has 2 heterocycles. The van der Waals surface area contributed by atoms with Crippen molar-refractivity contribution in [1.29, 1.82) is 0 Å². The van der Waals surface area contributed by atoms with E-state index in [1.54, 1.807) is 25.1 Å². The minimum atomic E-state index is -0.585. The Morgan fingerprint density at radius 3 is 2.67 bits per heavy atom. The molecule has 2 aromatic carbocycles. The lowest BCUT2D eigenvalue weighted by Gasteiger charge is -2.38. The summed E-state index contributed by atoms with van der Waals surface area (Å²) in [5.41, 5.74) is 2.57. The third kappa shape index (κ3) is 3.22. The molecule has 140 valence electrons. The van der Waals surface area contributed by atoms with Gasteiger partial charge in [0.05, 0.1) is 5.56 Å². The van der Waals surface area contributed by atoms with E-state index in [-0.39, 0.29) is 17.7 Å². The van der Waals surface area contributed by atoms with Crippen LogP contribution in [0.25, 0.3) is 0 Å². The van der Waals surface area contributed by atoms with E-state index in [1.165, 1.54) is 6.07 Å². The summed E-state index contributed by atoms with van der Waals surface area (Å²) in [4.78, 5) is 26.6. The van der Waals surface area contributed by atoms with E-state index in [0.29, 0.717) is 49.9 Å². The molecule has 0 aliphatic carbocycles. The number of piperidine rings is 1. The Labute approximate surface area is 157 Å². The van der Waals surface area contributed by atoms with Crippen molar-refractivity contribution in [2.75, 3.05) is 13.1 Å². The Balaban J connectivity index is 1.37. The van der Waals surface area contributed by atoms with Crippen molar-refractivity contribution in [2.45, 2.75) is 38.2 Å². The molecule has 0 saturated carbocycles. The van der Waals surface area contributed by atoms with Gasteiger partial charge in [-0.25, -0.2) is 9.18 Å². The SMILES string of the molecule is Cc1cc(CCC(=O)N2CCC3(CC2)OC(=O)c2ccccc23)ccc1F. The molecule has 2 aliphatic heterocycles. The van der Waals surface area contributed by atoms with E-state index in [9.17, 15) is 14.0 Å². The van der Waals surface area contributed by atoms with E-state index in [1.807, 2.05) is 23.1 Å². The molecule has 1 amide bonds. The van der Waals surface area contributed by atoms with Gasteiger partial charge in [0, 0.05) is 37.9 Å². The van der Waals surface area contributed by atoms with E-state index < -0.39 is 5.60 Å². The third-order valence-corrected chi connectivity index (χ3v) is 5.70. The first-order valence-electron chi connectivity index (χ1n) is 9.34. The Morgan fingerprint density at radius 1 is 1.19 bits per heavy atom. The number of hydrogen-bond donors (Lipinski definition) is 0. The third-order valence-electron chi connectivity index (χ3n) is 5.70. The maximum Gasteiger partial charge on any atom is 0.339 e. The van der Waals surface area contributed by atoms with Crippen LogP contribution >= 0.6 is 0 Å². The zero-order chi connectivity index (χ0) is 19.0. The van der Waals surface area contributed by atoms with Gasteiger partial charge in [-0.3, -0.25) is 4.79 Å². The minimum Gasteiger partial charge on any atom is -0.450 e. The van der Waals surface area contributed by atoms with Crippen LogP contribution in [0.4, 0.5) is 4.39 Å². The highest BCUT2D eigenvalue weighted by Crippen LogP contribution is 2.43. The first-order valence-corrected chi connectivity index (χ1v) is 9.34. The van der Waals surface area contributed by atoms with Gasteiger partial charge in [0.2, 0.25) is 5.91 Å². The number of hydrogen-bond acceptors (Lipinski definition) is 3. The first kappa shape index (κ1) is 17.7. The van der Waals surface area contributed by atoms with Gasteiger partial charge in [0.1, 0.15) is 11.4 Å². The van der Waals surface area contributed by atoms with E-state index in [4.69, 9.17) is 4.74 Å². The molecular weight excluding hydrogens is 345 g/mol. The monoisotopic (exact) mass is 367 g/mol. The molecule has 0 N–H and O–H groups in total. The molecule has 0 bridgehead atoms. The molecule has 0 aromatic heterocycles. The number of halogens is 1. The second-order valence-electron chi connectivity index (χ2n) is 7.39. The quantitative estimate of drug-likeness (QED) is 0.776. The average Bonchev–Trinajstić information content (AvgIpc) is 2.95. The van der Waals surface area contributed by atoms with Crippen molar-refractivity contribution < 1.29 is 18.7 Å². The fourth-order valence-corrected chi connectivity index (χ4v) is 4.11. The van der Waals surface area contributed by atoms with Gasteiger partial charge in [0.15, 0.2) is 0 Å². The Morgan fingerprint density at radius 2 is 1.93 bits per heavy atom. The standard InChI is InChI=1S/C22H22FNO3/c1-15-14-16(6-8-19(15)23)7-9-20(25)24-12-10-22(11-13-24)18-5-3-2-4-17(18)21(26)27-22/h2-6,8,14H,7,9-13H2,1H3. The second-order valence-corrected chi connectivity index (χ2v) is 7.39. The fraction of sp³-hybridized carbons (Fsp3) is 0.364. The summed E-state index contributed by atoms with van der Waals surface area (Å²) in [6.45, 7) is 2.87. The van der Waals surface area contributed by atoms with Crippen molar-refractivity contribution in [2.24, 2.45) is 0 Å². The number of carbonyl (C=O) groups excluding carboxylic acids is 2. The molecule has 4 nitrogen and oxygen atoms in total. The fourth-order valence-electron chi connectivity index (χ4n) is 4.11. The van der Waals surface area contributed by atoms with E-state index in [0.717, 1.165) is 11.1 Å². The van der Waals surface area contributed by atoms with Crippen LogP contribution in [0.5, 0.6) is 0 Å². The van der Waals surface area contributed by atoms with Gasteiger partial charge in [-0.05, 0) is 36.6 Å². The summed E-state index contributed by atoms with van der Waals surface area (Å²) >= 11 is 0. The van der Waals surface area contributed by atoms with Crippen LogP contribution in [0.1, 0.15) is 46.3 Å². The summed E-state index contributed by atoms with van der Waals surface area (Å²) in [6.07, 6.45) is 2.24. The molecule has 4 rings (SSSR count). The van der Waals surface area contributed by atoms with Gasteiger partial charge >= 0.3 is 5.97 Å². The van der Waals surface area contributed by atoms with Gasteiger partial charge in [0.25, 0.3) is 0 Å². The predicted molar refractivity (Wildman–Crippen MR) is 98.8 cm³/mol. The number of aryl methyl sites for hydroxylation is 2. The zero-order valence-electron chi connectivity index (χ0n) is 15.3. The summed E-state index contributed by atoms with van der Waals surface area (Å²) < 4.78 is 19.1. The lowest BCUT2D eigenvalue weighted by Crippen LogP contribution is -2.45. The molecule has 1 fully saturated rings. The van der Waals surface area contributed by atoms with Crippen LogP contribution in [-0.2, 0) is 21.6 Å². The molecule has 5 heteroatoms. The van der Waals surface area contributed by atoms with Gasteiger partial charge < -0.3 is 9.64 Å². The van der Waals surface area contributed by atoms with E-state index >= 15 is 0 Å². The second kappa shape index (κ2) is 6.80. The van der Waals surface area contributed by atoms with Crippen LogP contribution in [0.3, 0.4) is 0 Å². The molecule has 0 unspecified atom stereocenters. The van der Waals surface area contributed by atoms with Crippen molar-refractivity contribution in [1.82, 2.24) is 4.90 Å². The van der Waals surface area contributed by atoms with Crippen LogP contribution in [0.2, 0.25) is 0 Å². The summed E-state index contributed by atoms with van der Waals surface area (Å²) in [5, 5.41) is 0. The molecule has 2 aromatic rings. The Kier molecular flexibility index (Phi) is 4.46. The zero-order valence-corrected chi connectivity index (χ0v) is 15.3. The van der Waals surface area contributed by atoms with Crippen molar-refractivity contribution in [3.8, 4) is 0 Å². The predicted octanol–water partition coefficient (Wildman–Crippen LogP) is 3.76. The van der Waals surface area contributed by atoms with E-state index in [2.05, 4.69) is 0 Å². The number of esters is 1. The number of carbonyl (C=O) groups is 2. The number of rotatable bonds is 3. The number of fused-ring (bicyclic) bond motifs is 2. The topological polar surface area (TPSA) is 46.6 Å². The maximum atomic E-state index is 13.4. The molecular formula is C22H22FNO3. The molecule has 0 atom stereocenters. The molecule has 2 aliphatic rings. The molecule has 27 heavy (non-hydrogen) atoms. The lowest BCUT2D eigenvalue weighted by molar-refractivity contribution is -0.135. The molecule has 1 saturated heterocycles. The van der Waals surface area contributed by atoms with Crippen molar-refractivity contribution in [3.05, 3.63) is 70.5 Å². The largest absolute Gasteiger partial charge is 0.450 e. The highest BCUT2D eigenvalue weighted by atomic mass is 19.1. The van der Waals surface area contributed by atoms with Gasteiger partial charge in [-0.2, -0.15) is 0 Å². The maximum absolute atomic E-state index is 13.4. The number of nitrogens with zero attached hydrogens (tertiary/aromatic N) is 1. The first-order chi connectivity index (χ1) is 13.0. The summed E-state index contributed by atoms with van der Waals surface area (Å²) in [7, 11) is 0. The Bertz CT molecular complexity index is 900. The number of likely N-dealkylation sites (tertiary alicyclic amines) is 1. The normalized spacial score (nSPS) is 17.7. The minimum absolute atomic E-state index is 0.0874. The molecule has 1 spiro atoms. The van der Waals surface area contributed by atoms with Crippen LogP contribution in [-0.4, -0.2) is 29.9 Å². The van der Waals surface area contributed by atoms with Crippen LogP contribution < -0.4 is 0 Å². The number of ether oxygens (including phenoxy) is 1. The van der Waals surface area contributed by atoms with Crippen LogP contribution in [0.15, 0.2) is 42.5 Å². The van der Waals surface area contributed by atoms with Crippen molar-refractivity contribution >= 4 is 11.9 Å².